The van der Waals surface area contributed by atoms with Crippen LogP contribution in [0.5, 0.6) is 11.5 Å². The van der Waals surface area contributed by atoms with Gasteiger partial charge in [-0.15, -0.1) is 0 Å². The number of carbonyl (C=O) groups excluding carboxylic acids is 1. The number of hydrogen-bond acceptors (Lipinski definition) is 3. The standard InChI is InChI=1S/C29H29FO3/c1-2-3-4-5-6-7-22-32-27-18-12-24(13-19-27)9-8-23-10-14-25(15-11-23)29(31)33-28-20-16-26(30)17-21-28/h10-21H,2-7,22H2,1H3. The van der Waals surface area contributed by atoms with Gasteiger partial charge in [-0.3, -0.25) is 0 Å². The zero-order chi connectivity index (χ0) is 23.3. The molecule has 0 saturated carbocycles. The Bertz CT molecular complexity index is 1060. The van der Waals surface area contributed by atoms with E-state index in [4.69, 9.17) is 9.47 Å². The van der Waals surface area contributed by atoms with Crippen LogP contribution >= 0.6 is 0 Å². The Labute approximate surface area is 195 Å². The van der Waals surface area contributed by atoms with Gasteiger partial charge in [0.25, 0.3) is 0 Å². The van der Waals surface area contributed by atoms with E-state index in [9.17, 15) is 9.18 Å². The predicted molar refractivity (Wildman–Crippen MR) is 129 cm³/mol. The molecule has 0 amide bonds. The molecular formula is C29H29FO3. The fourth-order valence-electron chi connectivity index (χ4n) is 3.21. The summed E-state index contributed by atoms with van der Waals surface area (Å²) in [6, 6.07) is 19.9. The summed E-state index contributed by atoms with van der Waals surface area (Å²) < 4.78 is 24.0. The quantitative estimate of drug-likeness (QED) is 0.144. The van der Waals surface area contributed by atoms with Crippen LogP contribution in [0.15, 0.2) is 72.8 Å². The molecular weight excluding hydrogens is 415 g/mol. The first-order valence-electron chi connectivity index (χ1n) is 11.5. The number of ether oxygens (including phenoxy) is 2. The van der Waals surface area contributed by atoms with Gasteiger partial charge in [-0.25, -0.2) is 9.18 Å². The maximum atomic E-state index is 13.0. The van der Waals surface area contributed by atoms with Gasteiger partial charge < -0.3 is 9.47 Å². The smallest absolute Gasteiger partial charge is 0.343 e. The Morgan fingerprint density at radius 3 is 1.91 bits per heavy atom. The van der Waals surface area contributed by atoms with Crippen LogP contribution in [0.25, 0.3) is 0 Å². The van der Waals surface area contributed by atoms with Gasteiger partial charge in [0.1, 0.15) is 17.3 Å². The molecule has 3 rings (SSSR count). The van der Waals surface area contributed by atoms with Crippen LogP contribution < -0.4 is 9.47 Å². The van der Waals surface area contributed by atoms with Crippen molar-refractivity contribution in [2.45, 2.75) is 45.4 Å². The topological polar surface area (TPSA) is 35.5 Å². The van der Waals surface area contributed by atoms with Crippen molar-refractivity contribution in [2.24, 2.45) is 0 Å². The minimum absolute atomic E-state index is 0.296. The molecule has 0 radical (unpaired) electrons. The first-order valence-corrected chi connectivity index (χ1v) is 11.5. The van der Waals surface area contributed by atoms with E-state index in [-0.39, 0.29) is 5.82 Å². The summed E-state index contributed by atoms with van der Waals surface area (Å²) >= 11 is 0. The molecule has 0 spiro atoms. The van der Waals surface area contributed by atoms with Crippen molar-refractivity contribution < 1.29 is 18.7 Å². The molecule has 3 aromatic rings. The highest BCUT2D eigenvalue weighted by Gasteiger charge is 2.08. The van der Waals surface area contributed by atoms with Crippen molar-refractivity contribution in [1.82, 2.24) is 0 Å². The molecule has 0 aliphatic rings. The molecule has 170 valence electrons. The summed E-state index contributed by atoms with van der Waals surface area (Å²) in [6.07, 6.45) is 7.47. The highest BCUT2D eigenvalue weighted by atomic mass is 19.1. The average Bonchev–Trinajstić information content (AvgIpc) is 2.84. The van der Waals surface area contributed by atoms with E-state index in [2.05, 4.69) is 18.8 Å². The van der Waals surface area contributed by atoms with Crippen molar-refractivity contribution in [3.8, 4) is 23.3 Å². The first kappa shape index (κ1) is 24.1. The van der Waals surface area contributed by atoms with Crippen molar-refractivity contribution in [3.05, 3.63) is 95.3 Å². The Balaban J connectivity index is 1.46. The molecule has 0 N–H and O–H groups in total. The van der Waals surface area contributed by atoms with Gasteiger partial charge in [0.2, 0.25) is 0 Å². The van der Waals surface area contributed by atoms with Crippen molar-refractivity contribution >= 4 is 5.97 Å². The third kappa shape index (κ3) is 8.46. The van der Waals surface area contributed by atoms with Crippen LogP contribution in [0.3, 0.4) is 0 Å². The second-order valence-electron chi connectivity index (χ2n) is 7.81. The van der Waals surface area contributed by atoms with Crippen LogP contribution in [0, 0.1) is 17.7 Å². The molecule has 0 unspecified atom stereocenters. The van der Waals surface area contributed by atoms with Gasteiger partial charge in [-0.05, 0) is 79.2 Å². The lowest BCUT2D eigenvalue weighted by atomic mass is 10.1. The van der Waals surface area contributed by atoms with Crippen LogP contribution in [0.2, 0.25) is 0 Å². The van der Waals surface area contributed by atoms with Crippen LogP contribution in [-0.2, 0) is 0 Å². The van der Waals surface area contributed by atoms with Gasteiger partial charge >= 0.3 is 5.97 Å². The summed E-state index contributed by atoms with van der Waals surface area (Å²) in [5.74, 6) is 6.49. The number of hydrogen-bond donors (Lipinski definition) is 0. The number of carbonyl (C=O) groups is 1. The monoisotopic (exact) mass is 444 g/mol. The fraction of sp³-hybridized carbons (Fsp3) is 0.276. The van der Waals surface area contributed by atoms with Crippen LogP contribution in [0.4, 0.5) is 4.39 Å². The number of esters is 1. The molecule has 0 aliphatic heterocycles. The van der Waals surface area contributed by atoms with Crippen LogP contribution in [-0.4, -0.2) is 12.6 Å². The second-order valence-corrected chi connectivity index (χ2v) is 7.81. The maximum Gasteiger partial charge on any atom is 0.343 e. The Morgan fingerprint density at radius 2 is 1.27 bits per heavy atom. The molecule has 3 nitrogen and oxygen atoms in total. The van der Waals surface area contributed by atoms with E-state index >= 15 is 0 Å². The summed E-state index contributed by atoms with van der Waals surface area (Å²) in [6.45, 7) is 2.97. The van der Waals surface area contributed by atoms with E-state index in [1.807, 2.05) is 24.3 Å². The second kappa shape index (κ2) is 13.1. The zero-order valence-electron chi connectivity index (χ0n) is 19.0. The first-order chi connectivity index (χ1) is 16.1. The zero-order valence-corrected chi connectivity index (χ0v) is 19.0. The van der Waals surface area contributed by atoms with E-state index in [1.54, 1.807) is 24.3 Å². The Kier molecular flexibility index (Phi) is 9.54. The number of halogens is 1. The number of unbranched alkanes of at least 4 members (excludes halogenated alkanes) is 5. The Morgan fingerprint density at radius 1 is 0.727 bits per heavy atom. The summed E-state index contributed by atoms with van der Waals surface area (Å²) in [5.41, 5.74) is 2.08. The highest BCUT2D eigenvalue weighted by molar-refractivity contribution is 5.91. The molecule has 0 aliphatic carbocycles. The van der Waals surface area contributed by atoms with E-state index < -0.39 is 5.97 Å². The molecule has 0 fully saturated rings. The molecule has 3 aromatic carbocycles. The molecule has 0 saturated heterocycles. The van der Waals surface area contributed by atoms with Crippen LogP contribution in [0.1, 0.15) is 66.9 Å². The summed E-state index contributed by atoms with van der Waals surface area (Å²) in [7, 11) is 0. The minimum atomic E-state index is -0.502. The van der Waals surface area contributed by atoms with Crippen molar-refractivity contribution in [3.63, 3.8) is 0 Å². The van der Waals surface area contributed by atoms with Gasteiger partial charge in [0.15, 0.2) is 0 Å². The van der Waals surface area contributed by atoms with Gasteiger partial charge in [0.05, 0.1) is 12.2 Å². The normalized spacial score (nSPS) is 10.2. The lowest BCUT2D eigenvalue weighted by Crippen LogP contribution is -2.08. The molecule has 0 atom stereocenters. The van der Waals surface area contributed by atoms with Crippen molar-refractivity contribution in [2.75, 3.05) is 6.61 Å². The number of rotatable bonds is 10. The summed E-state index contributed by atoms with van der Waals surface area (Å²) in [4.78, 5) is 12.2. The largest absolute Gasteiger partial charge is 0.494 e. The molecule has 4 heteroatoms. The Hall–Kier alpha value is -3.58. The van der Waals surface area contributed by atoms with E-state index in [0.717, 1.165) is 29.9 Å². The molecule has 33 heavy (non-hydrogen) atoms. The maximum absolute atomic E-state index is 13.0. The third-order valence-corrected chi connectivity index (χ3v) is 5.12. The number of benzene rings is 3. The van der Waals surface area contributed by atoms with Crippen molar-refractivity contribution in [1.29, 1.82) is 0 Å². The highest BCUT2D eigenvalue weighted by Crippen LogP contribution is 2.15. The van der Waals surface area contributed by atoms with E-state index in [0.29, 0.717) is 11.3 Å². The van der Waals surface area contributed by atoms with Gasteiger partial charge in [-0.2, -0.15) is 0 Å². The summed E-state index contributed by atoms with van der Waals surface area (Å²) in [5, 5.41) is 0. The average molecular weight is 445 g/mol. The van der Waals surface area contributed by atoms with Gasteiger partial charge in [0, 0.05) is 11.1 Å². The third-order valence-electron chi connectivity index (χ3n) is 5.12. The molecule has 0 bridgehead atoms. The van der Waals surface area contributed by atoms with E-state index in [1.165, 1.54) is 56.4 Å². The molecule has 0 aromatic heterocycles. The lowest BCUT2D eigenvalue weighted by Gasteiger charge is -2.06. The SMILES string of the molecule is CCCCCCCCOc1ccc(C#Cc2ccc(C(=O)Oc3ccc(F)cc3)cc2)cc1. The lowest BCUT2D eigenvalue weighted by molar-refractivity contribution is 0.0734. The fourth-order valence-corrected chi connectivity index (χ4v) is 3.21. The van der Waals surface area contributed by atoms with Gasteiger partial charge in [-0.1, -0.05) is 50.9 Å². The predicted octanol–water partition coefficient (Wildman–Crippen LogP) is 7.18. The minimum Gasteiger partial charge on any atom is -0.494 e. The molecule has 0 heterocycles.